The Morgan fingerprint density at radius 3 is 2.14 bits per heavy atom. The first kappa shape index (κ1) is 14.9. The summed E-state index contributed by atoms with van der Waals surface area (Å²) in [6.07, 6.45) is 2.35. The third kappa shape index (κ3) is 2.94. The normalized spacial score (nSPS) is 11.5. The van der Waals surface area contributed by atoms with Crippen LogP contribution in [-0.2, 0) is 0 Å². The average Bonchev–Trinajstić information content (AvgIpc) is 2.55. The van der Waals surface area contributed by atoms with Crippen molar-refractivity contribution in [2.75, 3.05) is 6.61 Å². The van der Waals surface area contributed by atoms with Crippen LogP contribution in [0, 0.1) is 12.8 Å². The SMILES string of the molecule is CCC(CC)COc1ccc2c(ccc3cc(C)ccc32)c1. The third-order valence-electron chi connectivity index (χ3n) is 4.60. The second-order valence-corrected chi connectivity index (χ2v) is 6.17. The Morgan fingerprint density at radius 2 is 1.45 bits per heavy atom. The van der Waals surface area contributed by atoms with Crippen LogP contribution in [0.4, 0.5) is 0 Å². The summed E-state index contributed by atoms with van der Waals surface area (Å²) >= 11 is 0. The number of benzene rings is 3. The van der Waals surface area contributed by atoms with Gasteiger partial charge in [0.1, 0.15) is 5.75 Å². The Bertz CT molecular complexity index is 784. The van der Waals surface area contributed by atoms with Crippen LogP contribution < -0.4 is 4.74 Å². The highest BCUT2D eigenvalue weighted by atomic mass is 16.5. The molecular formula is C21H24O. The zero-order chi connectivity index (χ0) is 15.5. The van der Waals surface area contributed by atoms with Crippen LogP contribution in [0.5, 0.6) is 5.75 Å². The van der Waals surface area contributed by atoms with Crippen LogP contribution in [0.1, 0.15) is 32.3 Å². The molecule has 0 aliphatic rings. The van der Waals surface area contributed by atoms with Crippen molar-refractivity contribution in [1.29, 1.82) is 0 Å². The van der Waals surface area contributed by atoms with E-state index < -0.39 is 0 Å². The molecule has 0 radical (unpaired) electrons. The van der Waals surface area contributed by atoms with E-state index in [0.717, 1.165) is 12.4 Å². The summed E-state index contributed by atoms with van der Waals surface area (Å²) in [5, 5.41) is 5.17. The number of hydrogen-bond donors (Lipinski definition) is 0. The van der Waals surface area contributed by atoms with Crippen LogP contribution in [0.2, 0.25) is 0 Å². The van der Waals surface area contributed by atoms with Gasteiger partial charge < -0.3 is 4.74 Å². The third-order valence-corrected chi connectivity index (χ3v) is 4.60. The van der Waals surface area contributed by atoms with Gasteiger partial charge in [-0.1, -0.05) is 68.7 Å². The van der Waals surface area contributed by atoms with Gasteiger partial charge in [0.25, 0.3) is 0 Å². The molecular weight excluding hydrogens is 268 g/mol. The lowest BCUT2D eigenvalue weighted by Gasteiger charge is -2.14. The predicted octanol–water partition coefficient (Wildman–Crippen LogP) is 6.12. The summed E-state index contributed by atoms with van der Waals surface area (Å²) in [6.45, 7) is 7.40. The van der Waals surface area contributed by atoms with Gasteiger partial charge in [0, 0.05) is 0 Å². The van der Waals surface area contributed by atoms with Gasteiger partial charge in [-0.05, 0) is 46.5 Å². The lowest BCUT2D eigenvalue weighted by Crippen LogP contribution is -2.09. The lowest BCUT2D eigenvalue weighted by molar-refractivity contribution is 0.241. The first-order valence-electron chi connectivity index (χ1n) is 8.27. The molecule has 0 saturated heterocycles. The molecule has 0 unspecified atom stereocenters. The molecule has 0 heterocycles. The Kier molecular flexibility index (Phi) is 4.33. The summed E-state index contributed by atoms with van der Waals surface area (Å²) < 4.78 is 5.99. The minimum Gasteiger partial charge on any atom is -0.493 e. The van der Waals surface area contributed by atoms with E-state index >= 15 is 0 Å². The number of ether oxygens (including phenoxy) is 1. The van der Waals surface area contributed by atoms with E-state index in [1.54, 1.807) is 0 Å². The first-order chi connectivity index (χ1) is 10.7. The Hall–Kier alpha value is -2.02. The largest absolute Gasteiger partial charge is 0.493 e. The smallest absolute Gasteiger partial charge is 0.119 e. The molecule has 3 rings (SSSR count). The molecule has 0 aromatic heterocycles. The van der Waals surface area contributed by atoms with Crippen molar-refractivity contribution >= 4 is 21.5 Å². The molecule has 0 amide bonds. The molecule has 0 spiro atoms. The zero-order valence-corrected chi connectivity index (χ0v) is 13.7. The molecule has 22 heavy (non-hydrogen) atoms. The standard InChI is InChI=1S/C21H24O/c1-4-16(5-2)14-22-19-9-11-21-18(13-19)8-7-17-12-15(3)6-10-20(17)21/h6-13,16H,4-5,14H2,1-3H3. The Balaban J connectivity index is 1.93. The zero-order valence-electron chi connectivity index (χ0n) is 13.7. The van der Waals surface area contributed by atoms with E-state index in [-0.39, 0.29) is 0 Å². The van der Waals surface area contributed by atoms with Gasteiger partial charge in [-0.3, -0.25) is 0 Å². The molecule has 1 nitrogen and oxygen atoms in total. The summed E-state index contributed by atoms with van der Waals surface area (Å²) in [5.74, 6) is 1.63. The van der Waals surface area contributed by atoms with Gasteiger partial charge in [0.2, 0.25) is 0 Å². The molecule has 0 aliphatic heterocycles. The number of hydrogen-bond acceptors (Lipinski definition) is 1. The minimum atomic E-state index is 0.648. The number of aryl methyl sites for hydroxylation is 1. The molecule has 3 aromatic carbocycles. The number of fused-ring (bicyclic) bond motifs is 3. The molecule has 114 valence electrons. The van der Waals surface area contributed by atoms with Crippen LogP contribution in [0.15, 0.2) is 48.5 Å². The summed E-state index contributed by atoms with van der Waals surface area (Å²) in [4.78, 5) is 0. The Morgan fingerprint density at radius 1 is 0.818 bits per heavy atom. The van der Waals surface area contributed by atoms with E-state index in [1.165, 1.54) is 39.9 Å². The topological polar surface area (TPSA) is 9.23 Å². The highest BCUT2D eigenvalue weighted by Gasteiger charge is 2.06. The maximum atomic E-state index is 5.99. The van der Waals surface area contributed by atoms with Crippen molar-refractivity contribution in [2.24, 2.45) is 5.92 Å². The van der Waals surface area contributed by atoms with E-state index in [9.17, 15) is 0 Å². The molecule has 0 fully saturated rings. The van der Waals surface area contributed by atoms with Gasteiger partial charge in [-0.25, -0.2) is 0 Å². The van der Waals surface area contributed by atoms with Crippen LogP contribution in [0.3, 0.4) is 0 Å². The van der Waals surface area contributed by atoms with Crippen LogP contribution in [0.25, 0.3) is 21.5 Å². The van der Waals surface area contributed by atoms with Gasteiger partial charge in [-0.15, -0.1) is 0 Å². The summed E-state index contributed by atoms with van der Waals surface area (Å²) in [6, 6.07) is 17.5. The quantitative estimate of drug-likeness (QED) is 0.515. The average molecular weight is 292 g/mol. The molecule has 0 atom stereocenters. The van der Waals surface area contributed by atoms with Crippen molar-refractivity contribution in [3.05, 3.63) is 54.1 Å². The van der Waals surface area contributed by atoms with Gasteiger partial charge in [-0.2, -0.15) is 0 Å². The van der Waals surface area contributed by atoms with Gasteiger partial charge in [0.05, 0.1) is 6.61 Å². The van der Waals surface area contributed by atoms with E-state index in [4.69, 9.17) is 4.74 Å². The molecule has 0 N–H and O–H groups in total. The summed E-state index contributed by atoms with van der Waals surface area (Å²) in [7, 11) is 0. The van der Waals surface area contributed by atoms with Crippen molar-refractivity contribution in [1.82, 2.24) is 0 Å². The van der Waals surface area contributed by atoms with E-state index in [0.29, 0.717) is 5.92 Å². The fraction of sp³-hybridized carbons (Fsp3) is 0.333. The van der Waals surface area contributed by atoms with E-state index in [2.05, 4.69) is 69.3 Å². The van der Waals surface area contributed by atoms with Gasteiger partial charge in [0.15, 0.2) is 0 Å². The van der Waals surface area contributed by atoms with Crippen molar-refractivity contribution in [3.63, 3.8) is 0 Å². The molecule has 0 saturated carbocycles. The number of rotatable bonds is 5. The second-order valence-electron chi connectivity index (χ2n) is 6.17. The molecule has 0 aliphatic carbocycles. The lowest BCUT2D eigenvalue weighted by atomic mass is 10.0. The monoisotopic (exact) mass is 292 g/mol. The first-order valence-corrected chi connectivity index (χ1v) is 8.27. The fourth-order valence-corrected chi connectivity index (χ4v) is 3.00. The second kappa shape index (κ2) is 6.39. The predicted molar refractivity (Wildman–Crippen MR) is 95.8 cm³/mol. The van der Waals surface area contributed by atoms with Crippen LogP contribution in [-0.4, -0.2) is 6.61 Å². The van der Waals surface area contributed by atoms with Crippen LogP contribution >= 0.6 is 0 Å². The maximum absolute atomic E-state index is 5.99. The fourth-order valence-electron chi connectivity index (χ4n) is 3.00. The highest BCUT2D eigenvalue weighted by Crippen LogP contribution is 2.29. The highest BCUT2D eigenvalue weighted by molar-refractivity contribution is 6.07. The van der Waals surface area contributed by atoms with Crippen molar-refractivity contribution in [3.8, 4) is 5.75 Å². The molecule has 1 heteroatoms. The van der Waals surface area contributed by atoms with Crippen molar-refractivity contribution in [2.45, 2.75) is 33.6 Å². The maximum Gasteiger partial charge on any atom is 0.119 e. The Labute approximate surface area is 132 Å². The van der Waals surface area contributed by atoms with Crippen molar-refractivity contribution < 1.29 is 4.74 Å². The van der Waals surface area contributed by atoms with E-state index in [1.807, 2.05) is 0 Å². The van der Waals surface area contributed by atoms with Gasteiger partial charge >= 0.3 is 0 Å². The minimum absolute atomic E-state index is 0.648. The molecule has 0 bridgehead atoms. The molecule has 3 aromatic rings. The summed E-state index contributed by atoms with van der Waals surface area (Å²) in [5.41, 5.74) is 1.30.